The molecular weight excluding hydrogens is 304 g/mol. The summed E-state index contributed by atoms with van der Waals surface area (Å²) in [5.74, 6) is 0.0167. The monoisotopic (exact) mass is 328 g/mol. The second-order valence-corrected chi connectivity index (χ2v) is 7.42. The molecule has 1 aliphatic rings. The molecule has 0 radical (unpaired) electrons. The van der Waals surface area contributed by atoms with Crippen molar-refractivity contribution in [2.75, 3.05) is 26.4 Å². The first-order chi connectivity index (χ1) is 10.5. The lowest BCUT2D eigenvalue weighted by molar-refractivity contribution is -0.0444. The molecule has 1 unspecified atom stereocenters. The predicted octanol–water partition coefficient (Wildman–Crippen LogP) is 2.53. The molecule has 0 N–H and O–H groups in total. The maximum Gasteiger partial charge on any atom is 0.296 e. The summed E-state index contributed by atoms with van der Waals surface area (Å²) in [6, 6.07) is 6.64. The molecule has 0 spiro atoms. The van der Waals surface area contributed by atoms with Crippen molar-refractivity contribution in [2.45, 2.75) is 37.7 Å². The molecule has 0 aromatic heterocycles. The van der Waals surface area contributed by atoms with Gasteiger partial charge in [-0.1, -0.05) is 24.6 Å². The highest BCUT2D eigenvalue weighted by molar-refractivity contribution is 7.86. The van der Waals surface area contributed by atoms with Crippen LogP contribution in [0.2, 0.25) is 0 Å². The predicted molar refractivity (Wildman–Crippen MR) is 83.3 cm³/mol. The van der Waals surface area contributed by atoms with Gasteiger partial charge >= 0.3 is 0 Å². The number of benzene rings is 1. The van der Waals surface area contributed by atoms with Gasteiger partial charge in [0.2, 0.25) is 0 Å². The molecule has 0 bridgehead atoms. The molecule has 1 atom stereocenters. The molecule has 1 aromatic rings. The third kappa shape index (κ3) is 5.35. The molecule has 1 aromatic carbocycles. The molecule has 22 heavy (non-hydrogen) atoms. The van der Waals surface area contributed by atoms with E-state index in [9.17, 15) is 8.42 Å². The molecule has 1 aliphatic heterocycles. The van der Waals surface area contributed by atoms with Crippen LogP contribution in [0, 0.1) is 12.8 Å². The largest absolute Gasteiger partial charge is 0.381 e. The van der Waals surface area contributed by atoms with Gasteiger partial charge in [-0.2, -0.15) is 8.42 Å². The zero-order valence-electron chi connectivity index (χ0n) is 13.2. The summed E-state index contributed by atoms with van der Waals surface area (Å²) < 4.78 is 40.3. The van der Waals surface area contributed by atoms with Crippen LogP contribution in [-0.4, -0.2) is 40.9 Å². The van der Waals surface area contributed by atoms with E-state index in [2.05, 4.69) is 0 Å². The normalized spacial score (nSPS) is 18.3. The summed E-state index contributed by atoms with van der Waals surface area (Å²) in [6.07, 6.45) is 2.01. The van der Waals surface area contributed by atoms with Gasteiger partial charge in [-0.15, -0.1) is 0 Å². The Morgan fingerprint density at radius 3 is 2.45 bits per heavy atom. The Kier molecular flexibility index (Phi) is 6.37. The fourth-order valence-corrected chi connectivity index (χ4v) is 3.19. The van der Waals surface area contributed by atoms with Gasteiger partial charge in [-0.3, -0.25) is 4.18 Å². The summed E-state index contributed by atoms with van der Waals surface area (Å²) in [5.41, 5.74) is 1.01. The topological polar surface area (TPSA) is 61.8 Å². The first kappa shape index (κ1) is 17.4. The van der Waals surface area contributed by atoms with E-state index in [-0.39, 0.29) is 23.5 Å². The Labute approximate surface area is 132 Å². The van der Waals surface area contributed by atoms with E-state index in [0.29, 0.717) is 6.61 Å². The quantitative estimate of drug-likeness (QED) is 0.720. The third-order valence-corrected chi connectivity index (χ3v) is 4.90. The minimum absolute atomic E-state index is 0.0167. The van der Waals surface area contributed by atoms with Gasteiger partial charge < -0.3 is 9.47 Å². The van der Waals surface area contributed by atoms with Crippen LogP contribution in [-0.2, 0) is 23.8 Å². The van der Waals surface area contributed by atoms with Crippen molar-refractivity contribution in [2.24, 2.45) is 5.92 Å². The van der Waals surface area contributed by atoms with Crippen molar-refractivity contribution in [3.63, 3.8) is 0 Å². The van der Waals surface area contributed by atoms with E-state index in [4.69, 9.17) is 13.7 Å². The van der Waals surface area contributed by atoms with Crippen LogP contribution in [0.15, 0.2) is 29.2 Å². The van der Waals surface area contributed by atoms with Gasteiger partial charge in [0.25, 0.3) is 10.1 Å². The fraction of sp³-hybridized carbons (Fsp3) is 0.625. The summed E-state index contributed by atoms with van der Waals surface area (Å²) in [5, 5.41) is 0. The van der Waals surface area contributed by atoms with Crippen molar-refractivity contribution in [3.8, 4) is 0 Å². The highest BCUT2D eigenvalue weighted by Gasteiger charge is 2.19. The van der Waals surface area contributed by atoms with Crippen LogP contribution >= 0.6 is 0 Å². The number of ether oxygens (including phenoxy) is 2. The van der Waals surface area contributed by atoms with Crippen LogP contribution in [0.3, 0.4) is 0 Å². The number of hydrogen-bond acceptors (Lipinski definition) is 5. The van der Waals surface area contributed by atoms with E-state index in [1.54, 1.807) is 24.3 Å². The van der Waals surface area contributed by atoms with Gasteiger partial charge in [0.1, 0.15) is 0 Å². The van der Waals surface area contributed by atoms with E-state index >= 15 is 0 Å². The molecule has 1 fully saturated rings. The summed E-state index contributed by atoms with van der Waals surface area (Å²) >= 11 is 0. The Morgan fingerprint density at radius 2 is 1.82 bits per heavy atom. The lowest BCUT2D eigenvalue weighted by atomic mass is 10.1. The SMILES string of the molecule is Cc1ccc(S(=O)(=O)OCC(C)COC2CCOCC2)cc1. The van der Waals surface area contributed by atoms with E-state index < -0.39 is 10.1 Å². The zero-order chi connectivity index (χ0) is 16.0. The maximum absolute atomic E-state index is 12.1. The maximum atomic E-state index is 12.1. The third-order valence-electron chi connectivity index (χ3n) is 3.60. The first-order valence-corrected chi connectivity index (χ1v) is 9.03. The summed E-state index contributed by atoms with van der Waals surface area (Å²) in [4.78, 5) is 0.190. The number of rotatable bonds is 7. The van der Waals surface area contributed by atoms with Gasteiger partial charge in [-0.05, 0) is 31.9 Å². The van der Waals surface area contributed by atoms with E-state index in [0.717, 1.165) is 31.6 Å². The molecule has 0 amide bonds. The molecule has 6 heteroatoms. The fourth-order valence-electron chi connectivity index (χ4n) is 2.17. The number of aryl methyl sites for hydroxylation is 1. The van der Waals surface area contributed by atoms with Gasteiger partial charge in [0, 0.05) is 19.1 Å². The van der Waals surface area contributed by atoms with Crippen molar-refractivity contribution in [1.29, 1.82) is 0 Å². The Bertz CT molecular complexity index is 546. The summed E-state index contributed by atoms with van der Waals surface area (Å²) in [7, 11) is -3.69. The molecule has 0 saturated carbocycles. The second kappa shape index (κ2) is 8.06. The highest BCUT2D eigenvalue weighted by Crippen LogP contribution is 2.16. The Balaban J connectivity index is 1.77. The Morgan fingerprint density at radius 1 is 1.18 bits per heavy atom. The second-order valence-electron chi connectivity index (χ2n) is 5.80. The molecule has 124 valence electrons. The lowest BCUT2D eigenvalue weighted by Crippen LogP contribution is -2.26. The van der Waals surface area contributed by atoms with Crippen molar-refractivity contribution in [1.82, 2.24) is 0 Å². The smallest absolute Gasteiger partial charge is 0.296 e. The van der Waals surface area contributed by atoms with Crippen LogP contribution < -0.4 is 0 Å². The molecule has 2 rings (SSSR count). The molecular formula is C16H24O5S. The van der Waals surface area contributed by atoms with E-state index in [1.165, 1.54) is 0 Å². The van der Waals surface area contributed by atoms with Gasteiger partial charge in [-0.25, -0.2) is 0 Å². The molecule has 1 heterocycles. The molecule has 1 saturated heterocycles. The minimum atomic E-state index is -3.69. The Hall–Kier alpha value is -0.950. The minimum Gasteiger partial charge on any atom is -0.381 e. The van der Waals surface area contributed by atoms with Gasteiger partial charge in [0.05, 0.1) is 24.2 Å². The van der Waals surface area contributed by atoms with Crippen molar-refractivity contribution in [3.05, 3.63) is 29.8 Å². The molecule has 0 aliphatic carbocycles. The van der Waals surface area contributed by atoms with Crippen molar-refractivity contribution >= 4 is 10.1 Å². The average molecular weight is 328 g/mol. The lowest BCUT2D eigenvalue weighted by Gasteiger charge is -2.24. The number of hydrogen-bond donors (Lipinski definition) is 0. The van der Waals surface area contributed by atoms with Gasteiger partial charge in [0.15, 0.2) is 0 Å². The highest BCUT2D eigenvalue weighted by atomic mass is 32.2. The summed E-state index contributed by atoms with van der Waals surface area (Å²) in [6.45, 7) is 5.92. The van der Waals surface area contributed by atoms with Crippen LogP contribution in [0.5, 0.6) is 0 Å². The first-order valence-electron chi connectivity index (χ1n) is 7.63. The van der Waals surface area contributed by atoms with Crippen LogP contribution in [0.25, 0.3) is 0 Å². The zero-order valence-corrected chi connectivity index (χ0v) is 14.0. The van der Waals surface area contributed by atoms with Crippen LogP contribution in [0.4, 0.5) is 0 Å². The molecule has 5 nitrogen and oxygen atoms in total. The van der Waals surface area contributed by atoms with Crippen molar-refractivity contribution < 1.29 is 22.1 Å². The average Bonchev–Trinajstić information content (AvgIpc) is 2.52. The van der Waals surface area contributed by atoms with Crippen LogP contribution in [0.1, 0.15) is 25.3 Å². The van der Waals surface area contributed by atoms with E-state index in [1.807, 2.05) is 13.8 Å². The standard InChI is InChI=1S/C16H24O5S/c1-13-3-5-16(6-4-13)22(17,18)21-12-14(2)11-20-15-7-9-19-10-8-15/h3-6,14-15H,7-12H2,1-2H3.